The standard InChI is InChI=1S/C15H23N3/c1-10-4-7-15(12(3)17-10)18-9-14(13-5-6-13)16-8-11(18)2/h4,7,11,13-14,16H,5-6,8-9H2,1-3H3. The molecule has 1 aliphatic carbocycles. The lowest BCUT2D eigenvalue weighted by atomic mass is 10.0. The van der Waals surface area contributed by atoms with Crippen LogP contribution in [0, 0.1) is 19.8 Å². The summed E-state index contributed by atoms with van der Waals surface area (Å²) in [4.78, 5) is 7.15. The maximum atomic E-state index is 4.61. The molecule has 2 fully saturated rings. The van der Waals surface area contributed by atoms with Gasteiger partial charge < -0.3 is 10.2 Å². The van der Waals surface area contributed by atoms with Crippen LogP contribution in [0.15, 0.2) is 12.1 Å². The number of aromatic nitrogens is 1. The zero-order chi connectivity index (χ0) is 12.7. The lowest BCUT2D eigenvalue weighted by molar-refractivity contribution is 0.375. The van der Waals surface area contributed by atoms with Crippen LogP contribution in [0.5, 0.6) is 0 Å². The Morgan fingerprint density at radius 2 is 2.06 bits per heavy atom. The van der Waals surface area contributed by atoms with Crippen molar-refractivity contribution in [1.82, 2.24) is 10.3 Å². The van der Waals surface area contributed by atoms with Crippen molar-refractivity contribution in [3.63, 3.8) is 0 Å². The highest BCUT2D eigenvalue weighted by Crippen LogP contribution is 2.35. The number of piperazine rings is 1. The first kappa shape index (κ1) is 12.0. The average molecular weight is 245 g/mol. The number of rotatable bonds is 2. The summed E-state index contributed by atoms with van der Waals surface area (Å²) in [6.07, 6.45) is 2.82. The smallest absolute Gasteiger partial charge is 0.0609 e. The highest BCUT2D eigenvalue weighted by atomic mass is 15.2. The summed E-state index contributed by atoms with van der Waals surface area (Å²) in [6.45, 7) is 8.72. The van der Waals surface area contributed by atoms with Crippen molar-refractivity contribution in [3.8, 4) is 0 Å². The monoisotopic (exact) mass is 245 g/mol. The van der Waals surface area contributed by atoms with Crippen LogP contribution < -0.4 is 10.2 Å². The van der Waals surface area contributed by atoms with Crippen molar-refractivity contribution in [1.29, 1.82) is 0 Å². The van der Waals surface area contributed by atoms with Crippen LogP contribution in [-0.4, -0.2) is 30.2 Å². The Morgan fingerprint density at radius 1 is 1.28 bits per heavy atom. The Kier molecular flexibility index (Phi) is 3.02. The lowest BCUT2D eigenvalue weighted by Gasteiger charge is -2.41. The normalized spacial score (nSPS) is 28.5. The number of pyridine rings is 1. The topological polar surface area (TPSA) is 28.2 Å². The molecule has 98 valence electrons. The summed E-state index contributed by atoms with van der Waals surface area (Å²) in [7, 11) is 0. The minimum absolute atomic E-state index is 0.559. The molecule has 1 aliphatic heterocycles. The van der Waals surface area contributed by atoms with Gasteiger partial charge in [0.05, 0.1) is 11.4 Å². The molecule has 0 spiro atoms. The van der Waals surface area contributed by atoms with Crippen LogP contribution in [0.3, 0.4) is 0 Å². The molecule has 2 heterocycles. The third-order valence-electron chi connectivity index (χ3n) is 4.30. The van der Waals surface area contributed by atoms with Crippen molar-refractivity contribution in [3.05, 3.63) is 23.5 Å². The van der Waals surface area contributed by atoms with E-state index in [4.69, 9.17) is 0 Å². The molecule has 3 nitrogen and oxygen atoms in total. The van der Waals surface area contributed by atoms with Crippen molar-refractivity contribution in [2.75, 3.05) is 18.0 Å². The minimum Gasteiger partial charge on any atom is -0.365 e. The Balaban J connectivity index is 1.83. The van der Waals surface area contributed by atoms with Gasteiger partial charge >= 0.3 is 0 Å². The number of nitrogens with zero attached hydrogens (tertiary/aromatic N) is 2. The maximum absolute atomic E-state index is 4.61. The second-order valence-corrected chi connectivity index (χ2v) is 5.91. The minimum atomic E-state index is 0.559. The third kappa shape index (κ3) is 2.24. The van der Waals surface area contributed by atoms with E-state index in [0.29, 0.717) is 12.1 Å². The van der Waals surface area contributed by atoms with Crippen molar-refractivity contribution < 1.29 is 0 Å². The number of hydrogen-bond acceptors (Lipinski definition) is 3. The van der Waals surface area contributed by atoms with Gasteiger partial charge in [-0.15, -0.1) is 0 Å². The van der Waals surface area contributed by atoms with E-state index in [9.17, 15) is 0 Å². The van der Waals surface area contributed by atoms with Crippen molar-refractivity contribution >= 4 is 5.69 Å². The predicted octanol–water partition coefficient (Wildman–Crippen LogP) is 2.28. The molecular formula is C15H23N3. The van der Waals surface area contributed by atoms with E-state index in [-0.39, 0.29) is 0 Å². The fourth-order valence-electron chi connectivity index (χ4n) is 3.02. The molecule has 1 saturated heterocycles. The van der Waals surface area contributed by atoms with Crippen LogP contribution in [0.1, 0.15) is 31.2 Å². The van der Waals surface area contributed by atoms with Gasteiger partial charge in [0.15, 0.2) is 0 Å². The summed E-state index contributed by atoms with van der Waals surface area (Å²) in [5, 5.41) is 3.70. The van der Waals surface area contributed by atoms with E-state index in [1.165, 1.54) is 24.2 Å². The van der Waals surface area contributed by atoms with Crippen LogP contribution in [0.4, 0.5) is 5.69 Å². The average Bonchev–Trinajstić information content (AvgIpc) is 3.14. The van der Waals surface area contributed by atoms with Crippen LogP contribution in [0.25, 0.3) is 0 Å². The molecule has 1 N–H and O–H groups in total. The second kappa shape index (κ2) is 4.54. The van der Waals surface area contributed by atoms with Crippen LogP contribution in [0.2, 0.25) is 0 Å². The number of anilines is 1. The van der Waals surface area contributed by atoms with E-state index in [1.54, 1.807) is 0 Å². The van der Waals surface area contributed by atoms with E-state index < -0.39 is 0 Å². The Labute approximate surface area is 110 Å². The maximum Gasteiger partial charge on any atom is 0.0609 e. The molecule has 0 bridgehead atoms. The molecule has 2 unspecified atom stereocenters. The van der Waals surface area contributed by atoms with Crippen LogP contribution >= 0.6 is 0 Å². The van der Waals surface area contributed by atoms with E-state index in [1.807, 2.05) is 0 Å². The van der Waals surface area contributed by atoms with Gasteiger partial charge in [0.25, 0.3) is 0 Å². The quantitative estimate of drug-likeness (QED) is 0.866. The van der Waals surface area contributed by atoms with Gasteiger partial charge in [-0.2, -0.15) is 0 Å². The highest BCUT2D eigenvalue weighted by Gasteiger charge is 2.36. The second-order valence-electron chi connectivity index (χ2n) is 5.91. The van der Waals surface area contributed by atoms with Gasteiger partial charge in [-0.25, -0.2) is 0 Å². The molecule has 1 aromatic heterocycles. The number of nitrogens with one attached hydrogen (secondary N) is 1. The van der Waals surface area contributed by atoms with Gasteiger partial charge in [-0.1, -0.05) is 0 Å². The summed E-state index contributed by atoms with van der Waals surface area (Å²) in [5.74, 6) is 0.915. The largest absolute Gasteiger partial charge is 0.365 e. The van der Waals surface area contributed by atoms with E-state index >= 15 is 0 Å². The number of aryl methyl sites for hydroxylation is 2. The zero-order valence-electron chi connectivity index (χ0n) is 11.6. The SMILES string of the molecule is Cc1ccc(N2CC(C3CC3)NCC2C)c(C)n1. The fourth-order valence-corrected chi connectivity index (χ4v) is 3.02. The van der Waals surface area contributed by atoms with Crippen molar-refractivity contribution in [2.45, 2.75) is 45.7 Å². The number of hydrogen-bond donors (Lipinski definition) is 1. The van der Waals surface area contributed by atoms with Gasteiger partial charge in [0.2, 0.25) is 0 Å². The Morgan fingerprint density at radius 3 is 2.72 bits per heavy atom. The van der Waals surface area contributed by atoms with Gasteiger partial charge in [-0.05, 0) is 51.7 Å². The third-order valence-corrected chi connectivity index (χ3v) is 4.30. The first-order valence-electron chi connectivity index (χ1n) is 7.09. The molecule has 0 amide bonds. The summed E-state index contributed by atoms with van der Waals surface area (Å²) < 4.78 is 0. The first-order chi connectivity index (χ1) is 8.65. The summed E-state index contributed by atoms with van der Waals surface area (Å²) >= 11 is 0. The molecule has 0 radical (unpaired) electrons. The van der Waals surface area contributed by atoms with E-state index in [2.05, 4.69) is 48.1 Å². The van der Waals surface area contributed by atoms with Gasteiger partial charge in [-0.3, -0.25) is 4.98 Å². The summed E-state index contributed by atoms with van der Waals surface area (Å²) in [5.41, 5.74) is 3.59. The predicted molar refractivity (Wildman–Crippen MR) is 75.0 cm³/mol. The summed E-state index contributed by atoms with van der Waals surface area (Å²) in [6, 6.07) is 5.61. The fraction of sp³-hybridized carbons (Fsp3) is 0.667. The van der Waals surface area contributed by atoms with Gasteiger partial charge in [0.1, 0.15) is 0 Å². The van der Waals surface area contributed by atoms with E-state index in [0.717, 1.165) is 24.7 Å². The lowest BCUT2D eigenvalue weighted by Crippen LogP contribution is -2.56. The molecule has 18 heavy (non-hydrogen) atoms. The first-order valence-corrected chi connectivity index (χ1v) is 7.09. The molecular weight excluding hydrogens is 222 g/mol. The Bertz CT molecular complexity index is 439. The molecule has 0 aromatic carbocycles. The molecule has 3 heteroatoms. The molecule has 3 rings (SSSR count). The Hall–Kier alpha value is -1.09. The highest BCUT2D eigenvalue weighted by molar-refractivity contribution is 5.52. The molecule has 2 aliphatic rings. The van der Waals surface area contributed by atoms with Crippen molar-refractivity contribution in [2.24, 2.45) is 5.92 Å². The zero-order valence-corrected chi connectivity index (χ0v) is 11.6. The molecule has 2 atom stereocenters. The van der Waals surface area contributed by atoms with Crippen LogP contribution in [-0.2, 0) is 0 Å². The molecule has 1 aromatic rings. The molecule has 1 saturated carbocycles. The van der Waals surface area contributed by atoms with Gasteiger partial charge in [0, 0.05) is 30.9 Å².